The second kappa shape index (κ2) is 7.03. The number of benzene rings is 2. The molecule has 4 rings (SSSR count). The van der Waals surface area contributed by atoms with Gasteiger partial charge in [0.1, 0.15) is 10.7 Å². The molecule has 0 aliphatic carbocycles. The Balaban J connectivity index is 1.53. The maximum atomic E-state index is 13.9. The molecule has 2 aromatic carbocycles. The quantitative estimate of drug-likeness (QED) is 0.733. The van der Waals surface area contributed by atoms with E-state index < -0.39 is 15.8 Å². The molecule has 0 spiro atoms. The lowest BCUT2D eigenvalue weighted by molar-refractivity contribution is 0.0699. The van der Waals surface area contributed by atoms with Crippen molar-refractivity contribution in [1.29, 1.82) is 0 Å². The van der Waals surface area contributed by atoms with Crippen molar-refractivity contribution in [2.45, 2.75) is 11.8 Å². The molecule has 1 saturated heterocycles. The molecular weight excluding hydrogens is 381 g/mol. The van der Waals surface area contributed by atoms with E-state index in [4.69, 9.17) is 0 Å². The van der Waals surface area contributed by atoms with Crippen molar-refractivity contribution >= 4 is 26.8 Å². The molecule has 0 unspecified atom stereocenters. The minimum Gasteiger partial charge on any atom is -0.358 e. The minimum absolute atomic E-state index is 0.127. The van der Waals surface area contributed by atoms with Crippen molar-refractivity contribution in [3.8, 4) is 0 Å². The fourth-order valence-electron chi connectivity index (χ4n) is 3.63. The molecule has 1 N–H and O–H groups in total. The molecule has 1 fully saturated rings. The monoisotopic (exact) mass is 401 g/mol. The number of aromatic amines is 1. The molecule has 0 bridgehead atoms. The van der Waals surface area contributed by atoms with Crippen LogP contribution in [0, 0.1) is 12.7 Å². The summed E-state index contributed by atoms with van der Waals surface area (Å²) in [6.45, 7) is 2.62. The Morgan fingerprint density at radius 3 is 2.36 bits per heavy atom. The van der Waals surface area contributed by atoms with Gasteiger partial charge in [0.15, 0.2) is 0 Å². The Bertz CT molecular complexity index is 1150. The van der Waals surface area contributed by atoms with Gasteiger partial charge in [-0.15, -0.1) is 0 Å². The van der Waals surface area contributed by atoms with Gasteiger partial charge in [0.2, 0.25) is 10.0 Å². The number of amides is 1. The predicted octanol–water partition coefficient (Wildman–Crippen LogP) is 2.76. The number of nitrogens with zero attached hydrogens (tertiary/aromatic N) is 2. The van der Waals surface area contributed by atoms with Gasteiger partial charge in [0, 0.05) is 42.8 Å². The largest absolute Gasteiger partial charge is 0.358 e. The lowest BCUT2D eigenvalue weighted by Crippen LogP contribution is -2.50. The maximum Gasteiger partial charge on any atom is 0.256 e. The summed E-state index contributed by atoms with van der Waals surface area (Å²) in [5.74, 6) is -0.895. The fraction of sp³-hybridized carbons (Fsp3) is 0.250. The molecule has 3 aromatic rings. The molecule has 1 aliphatic heterocycles. The molecule has 146 valence electrons. The first-order valence-corrected chi connectivity index (χ1v) is 10.4. The van der Waals surface area contributed by atoms with Crippen LogP contribution in [0.1, 0.15) is 16.1 Å². The van der Waals surface area contributed by atoms with Crippen LogP contribution in [0.5, 0.6) is 0 Å². The Morgan fingerprint density at radius 2 is 1.64 bits per heavy atom. The van der Waals surface area contributed by atoms with E-state index in [9.17, 15) is 17.6 Å². The third-order valence-corrected chi connectivity index (χ3v) is 7.02. The van der Waals surface area contributed by atoms with E-state index in [0.717, 1.165) is 22.7 Å². The van der Waals surface area contributed by atoms with Gasteiger partial charge in [0.25, 0.3) is 5.91 Å². The lowest BCUT2D eigenvalue weighted by Gasteiger charge is -2.34. The van der Waals surface area contributed by atoms with Crippen LogP contribution in [-0.4, -0.2) is 54.7 Å². The van der Waals surface area contributed by atoms with Gasteiger partial charge in [-0.2, -0.15) is 4.31 Å². The Hall–Kier alpha value is -2.71. The van der Waals surface area contributed by atoms with Crippen molar-refractivity contribution in [1.82, 2.24) is 14.2 Å². The SMILES string of the molecule is Cc1[nH]c2ccccc2c1C(=O)N1CCN(S(=O)(=O)c2ccccc2F)CC1. The molecule has 1 aromatic heterocycles. The second-order valence-electron chi connectivity index (χ2n) is 6.80. The molecule has 8 heteroatoms. The normalized spacial score (nSPS) is 15.9. The number of fused-ring (bicyclic) bond motifs is 1. The highest BCUT2D eigenvalue weighted by Gasteiger charge is 2.32. The highest BCUT2D eigenvalue weighted by molar-refractivity contribution is 7.89. The van der Waals surface area contributed by atoms with Gasteiger partial charge in [-0.05, 0) is 25.1 Å². The predicted molar refractivity (Wildman–Crippen MR) is 104 cm³/mol. The van der Waals surface area contributed by atoms with Gasteiger partial charge in [-0.1, -0.05) is 30.3 Å². The lowest BCUT2D eigenvalue weighted by atomic mass is 10.1. The number of aryl methyl sites for hydroxylation is 1. The first-order chi connectivity index (χ1) is 13.4. The number of para-hydroxylation sites is 1. The number of piperazine rings is 1. The molecule has 0 saturated carbocycles. The molecule has 0 radical (unpaired) electrons. The summed E-state index contributed by atoms with van der Waals surface area (Å²) in [6, 6.07) is 12.9. The van der Waals surface area contributed by atoms with Crippen LogP contribution in [0.15, 0.2) is 53.4 Å². The number of hydrogen-bond donors (Lipinski definition) is 1. The van der Waals surface area contributed by atoms with Gasteiger partial charge < -0.3 is 9.88 Å². The Kier molecular flexibility index (Phi) is 4.68. The maximum absolute atomic E-state index is 13.9. The number of hydrogen-bond acceptors (Lipinski definition) is 3. The van der Waals surface area contributed by atoms with Crippen molar-refractivity contribution in [2.75, 3.05) is 26.2 Å². The van der Waals surface area contributed by atoms with E-state index in [-0.39, 0.29) is 37.0 Å². The average molecular weight is 401 g/mol. The molecular formula is C20H20FN3O3S. The number of sulfonamides is 1. The zero-order valence-corrected chi connectivity index (χ0v) is 16.2. The van der Waals surface area contributed by atoms with Crippen LogP contribution in [-0.2, 0) is 10.0 Å². The van der Waals surface area contributed by atoms with E-state index in [2.05, 4.69) is 4.98 Å². The number of H-pyrrole nitrogens is 1. The summed E-state index contributed by atoms with van der Waals surface area (Å²) in [5.41, 5.74) is 2.29. The van der Waals surface area contributed by atoms with E-state index >= 15 is 0 Å². The average Bonchev–Trinajstić information content (AvgIpc) is 3.03. The third kappa shape index (κ3) is 3.08. The van der Waals surface area contributed by atoms with Gasteiger partial charge in [-0.3, -0.25) is 4.79 Å². The second-order valence-corrected chi connectivity index (χ2v) is 8.70. The summed E-state index contributed by atoms with van der Waals surface area (Å²) < 4.78 is 40.6. The fourth-order valence-corrected chi connectivity index (χ4v) is 5.12. The van der Waals surface area contributed by atoms with Crippen molar-refractivity contribution < 1.29 is 17.6 Å². The van der Waals surface area contributed by atoms with Gasteiger partial charge >= 0.3 is 0 Å². The Morgan fingerprint density at radius 1 is 1.00 bits per heavy atom. The van der Waals surface area contributed by atoms with E-state index in [1.165, 1.54) is 22.5 Å². The van der Waals surface area contributed by atoms with Crippen LogP contribution >= 0.6 is 0 Å². The van der Waals surface area contributed by atoms with Gasteiger partial charge in [-0.25, -0.2) is 12.8 Å². The van der Waals surface area contributed by atoms with Crippen LogP contribution in [0.4, 0.5) is 4.39 Å². The number of aromatic nitrogens is 1. The third-order valence-electron chi connectivity index (χ3n) is 5.09. The number of carbonyl (C=O) groups is 1. The molecule has 2 heterocycles. The summed E-state index contributed by atoms with van der Waals surface area (Å²) in [7, 11) is -3.92. The van der Waals surface area contributed by atoms with E-state index in [1.54, 1.807) is 4.90 Å². The summed E-state index contributed by atoms with van der Waals surface area (Å²) in [4.78, 5) is 17.6. The smallest absolute Gasteiger partial charge is 0.256 e. The minimum atomic E-state index is -3.92. The van der Waals surface area contributed by atoms with Crippen molar-refractivity contribution in [2.24, 2.45) is 0 Å². The molecule has 1 aliphatic rings. The first kappa shape index (κ1) is 18.6. The van der Waals surface area contributed by atoms with Crippen LogP contribution in [0.3, 0.4) is 0 Å². The standard InChI is InChI=1S/C20H20FN3O3S/c1-14-19(15-6-2-4-8-17(15)22-14)20(25)23-10-12-24(13-11-23)28(26,27)18-9-5-3-7-16(18)21/h2-9,22H,10-13H2,1H3. The van der Waals surface area contributed by atoms with E-state index in [0.29, 0.717) is 5.56 Å². The molecule has 28 heavy (non-hydrogen) atoms. The zero-order valence-electron chi connectivity index (χ0n) is 15.4. The summed E-state index contributed by atoms with van der Waals surface area (Å²) in [5, 5.41) is 0.853. The van der Waals surface area contributed by atoms with Crippen LogP contribution in [0.2, 0.25) is 0 Å². The first-order valence-electron chi connectivity index (χ1n) is 9.01. The highest BCUT2D eigenvalue weighted by Crippen LogP contribution is 2.25. The molecule has 6 nitrogen and oxygen atoms in total. The summed E-state index contributed by atoms with van der Waals surface area (Å²) in [6.07, 6.45) is 0. The molecule has 1 amide bonds. The topological polar surface area (TPSA) is 73.5 Å². The summed E-state index contributed by atoms with van der Waals surface area (Å²) >= 11 is 0. The van der Waals surface area contributed by atoms with Crippen molar-refractivity contribution in [3.63, 3.8) is 0 Å². The number of carbonyl (C=O) groups excluding carboxylic acids is 1. The number of halogens is 1. The Labute approximate surface area is 162 Å². The number of nitrogens with one attached hydrogen (secondary N) is 1. The van der Waals surface area contributed by atoms with Crippen LogP contribution in [0.25, 0.3) is 10.9 Å². The van der Waals surface area contributed by atoms with E-state index in [1.807, 2.05) is 31.2 Å². The zero-order chi connectivity index (χ0) is 19.9. The highest BCUT2D eigenvalue weighted by atomic mass is 32.2. The van der Waals surface area contributed by atoms with Gasteiger partial charge in [0.05, 0.1) is 5.56 Å². The molecule has 0 atom stereocenters. The van der Waals surface area contributed by atoms with Crippen LogP contribution < -0.4 is 0 Å². The number of rotatable bonds is 3. The van der Waals surface area contributed by atoms with Crippen molar-refractivity contribution in [3.05, 3.63) is 65.6 Å².